The van der Waals surface area contributed by atoms with E-state index in [1.807, 2.05) is 0 Å². The number of carbonyl (C=O) groups excluding carboxylic acids is 1. The normalized spacial score (nSPS) is 9.67. The summed E-state index contributed by atoms with van der Waals surface area (Å²) in [6.07, 6.45) is 0.355. The van der Waals surface area contributed by atoms with Crippen molar-refractivity contribution < 1.29 is 9.72 Å². The summed E-state index contributed by atoms with van der Waals surface area (Å²) in [5.41, 5.74) is -0.00102. The van der Waals surface area contributed by atoms with E-state index in [4.69, 9.17) is 0 Å². The highest BCUT2D eigenvalue weighted by Crippen LogP contribution is 2.26. The van der Waals surface area contributed by atoms with Gasteiger partial charge >= 0.3 is 0 Å². The Bertz CT molecular complexity index is 381. The molecule has 1 amide bonds. The molecule has 0 aromatic heterocycles. The predicted molar refractivity (Wildman–Crippen MR) is 57.4 cm³/mol. The largest absolute Gasteiger partial charge is 0.296 e. The van der Waals surface area contributed by atoms with Gasteiger partial charge < -0.3 is 0 Å². The second-order valence-corrected chi connectivity index (χ2v) is 3.55. The van der Waals surface area contributed by atoms with E-state index in [1.54, 1.807) is 25.1 Å². The molecule has 5 nitrogen and oxygen atoms in total. The monoisotopic (exact) mass is 226 g/mol. The van der Waals surface area contributed by atoms with Crippen LogP contribution >= 0.6 is 11.9 Å². The molecule has 0 atom stereocenters. The van der Waals surface area contributed by atoms with E-state index in [1.165, 1.54) is 6.07 Å². The van der Waals surface area contributed by atoms with Crippen molar-refractivity contribution in [1.29, 1.82) is 0 Å². The molecule has 0 radical (unpaired) electrons. The van der Waals surface area contributed by atoms with Gasteiger partial charge in [-0.25, -0.2) is 0 Å². The number of hydrogen-bond donors (Lipinski definition) is 1. The summed E-state index contributed by atoms with van der Waals surface area (Å²) in [5.74, 6) is -0.154. The zero-order valence-electron chi connectivity index (χ0n) is 8.10. The topological polar surface area (TPSA) is 72.2 Å². The Morgan fingerprint density at radius 2 is 2.20 bits per heavy atom. The third-order valence-corrected chi connectivity index (χ3v) is 2.55. The lowest BCUT2D eigenvalue weighted by Gasteiger charge is -2.02. The summed E-state index contributed by atoms with van der Waals surface area (Å²) in [7, 11) is 0. The first kappa shape index (κ1) is 11.5. The summed E-state index contributed by atoms with van der Waals surface area (Å²) < 4.78 is 2.52. The number of nitrogens with zero attached hydrogens (tertiary/aromatic N) is 1. The van der Waals surface area contributed by atoms with Gasteiger partial charge in [-0.2, -0.15) is 0 Å². The molecule has 0 heterocycles. The zero-order chi connectivity index (χ0) is 11.3. The number of para-hydroxylation sites is 1. The molecule has 80 valence electrons. The molecule has 1 N–H and O–H groups in total. The number of nitro benzene ring substituents is 1. The minimum atomic E-state index is -0.472. The first-order valence-corrected chi connectivity index (χ1v) is 5.16. The first-order chi connectivity index (χ1) is 7.15. The van der Waals surface area contributed by atoms with Crippen molar-refractivity contribution in [2.24, 2.45) is 0 Å². The molecule has 1 rings (SSSR count). The van der Waals surface area contributed by atoms with Gasteiger partial charge in [-0.1, -0.05) is 19.1 Å². The number of nitro groups is 1. The molecule has 1 aromatic rings. The molecule has 0 saturated carbocycles. The SMILES string of the molecule is CCC(=O)NSc1ccccc1[N+](=O)[O-]. The third-order valence-electron chi connectivity index (χ3n) is 1.66. The van der Waals surface area contributed by atoms with Gasteiger partial charge in [0.15, 0.2) is 0 Å². The summed E-state index contributed by atoms with van der Waals surface area (Å²) in [4.78, 5) is 21.5. The van der Waals surface area contributed by atoms with Crippen LogP contribution in [0.15, 0.2) is 29.2 Å². The Kier molecular flexibility index (Phi) is 4.11. The minimum Gasteiger partial charge on any atom is -0.296 e. The molecule has 0 saturated heterocycles. The van der Waals surface area contributed by atoms with Crippen molar-refractivity contribution in [3.05, 3.63) is 34.4 Å². The van der Waals surface area contributed by atoms with Crippen molar-refractivity contribution in [2.75, 3.05) is 0 Å². The number of nitrogens with one attached hydrogen (secondary N) is 1. The van der Waals surface area contributed by atoms with Crippen LogP contribution in [0.5, 0.6) is 0 Å². The molecule has 6 heteroatoms. The standard InChI is InChI=1S/C9H10N2O3S/c1-2-9(12)10-15-8-6-4-3-5-7(8)11(13)14/h3-6H,2H2,1H3,(H,10,12). The molecule has 0 unspecified atom stereocenters. The zero-order valence-corrected chi connectivity index (χ0v) is 8.91. The van der Waals surface area contributed by atoms with Gasteiger partial charge in [0, 0.05) is 12.5 Å². The smallest absolute Gasteiger partial charge is 0.284 e. The number of amides is 1. The number of rotatable bonds is 4. The van der Waals surface area contributed by atoms with Crippen LogP contribution in [-0.4, -0.2) is 10.8 Å². The maximum absolute atomic E-state index is 11.0. The molecule has 0 aliphatic heterocycles. The summed E-state index contributed by atoms with van der Waals surface area (Å²) in [6, 6.07) is 6.27. The molecule has 0 aliphatic carbocycles. The van der Waals surface area contributed by atoms with Gasteiger partial charge in [0.2, 0.25) is 5.91 Å². The average Bonchev–Trinajstić information content (AvgIpc) is 2.26. The lowest BCUT2D eigenvalue weighted by Crippen LogP contribution is -2.13. The van der Waals surface area contributed by atoms with Gasteiger partial charge in [0.25, 0.3) is 5.69 Å². The molecule has 15 heavy (non-hydrogen) atoms. The molecule has 0 aliphatic rings. The Labute approximate surface area is 91.1 Å². The maximum Gasteiger partial charge on any atom is 0.284 e. The van der Waals surface area contributed by atoms with E-state index in [-0.39, 0.29) is 11.6 Å². The van der Waals surface area contributed by atoms with Crippen molar-refractivity contribution in [3.8, 4) is 0 Å². The Morgan fingerprint density at radius 3 is 2.80 bits per heavy atom. The Morgan fingerprint density at radius 1 is 1.53 bits per heavy atom. The molecular weight excluding hydrogens is 216 g/mol. The van der Waals surface area contributed by atoms with Crippen molar-refractivity contribution >= 4 is 23.5 Å². The molecule has 0 spiro atoms. The quantitative estimate of drug-likeness (QED) is 0.485. The molecule has 0 fully saturated rings. The van der Waals surface area contributed by atoms with Crippen LogP contribution in [0.1, 0.15) is 13.3 Å². The van der Waals surface area contributed by atoms with Crippen molar-refractivity contribution in [3.63, 3.8) is 0 Å². The maximum atomic E-state index is 11.0. The molecule has 0 bridgehead atoms. The van der Waals surface area contributed by atoms with Crippen LogP contribution in [0.2, 0.25) is 0 Å². The average molecular weight is 226 g/mol. The van der Waals surface area contributed by atoms with Gasteiger partial charge in [-0.15, -0.1) is 0 Å². The van der Waals surface area contributed by atoms with E-state index in [2.05, 4.69) is 4.72 Å². The fourth-order valence-electron chi connectivity index (χ4n) is 0.878. The summed E-state index contributed by atoms with van der Waals surface area (Å²) in [6.45, 7) is 1.72. The molecule has 1 aromatic carbocycles. The van der Waals surface area contributed by atoms with Gasteiger partial charge in [-0.3, -0.25) is 19.6 Å². The highest BCUT2D eigenvalue weighted by atomic mass is 32.2. The lowest BCUT2D eigenvalue weighted by atomic mass is 10.3. The summed E-state index contributed by atoms with van der Waals surface area (Å²) in [5, 5.41) is 10.6. The Hall–Kier alpha value is -1.56. The first-order valence-electron chi connectivity index (χ1n) is 4.34. The highest BCUT2D eigenvalue weighted by molar-refractivity contribution is 7.98. The van der Waals surface area contributed by atoms with Gasteiger partial charge in [0.1, 0.15) is 4.90 Å². The van der Waals surface area contributed by atoms with E-state index < -0.39 is 4.92 Å². The van der Waals surface area contributed by atoms with Crippen LogP contribution in [0, 0.1) is 10.1 Å². The van der Waals surface area contributed by atoms with E-state index in [0.717, 1.165) is 11.9 Å². The van der Waals surface area contributed by atoms with Gasteiger partial charge in [0.05, 0.1) is 4.92 Å². The number of carbonyl (C=O) groups is 1. The lowest BCUT2D eigenvalue weighted by molar-refractivity contribution is -0.387. The predicted octanol–water partition coefficient (Wildman–Crippen LogP) is 2.13. The molecular formula is C9H10N2O3S. The minimum absolute atomic E-state index is 0.00102. The van der Waals surface area contributed by atoms with Gasteiger partial charge in [-0.05, 0) is 18.0 Å². The fourth-order valence-corrected chi connectivity index (χ4v) is 1.64. The van der Waals surface area contributed by atoms with Crippen LogP contribution in [-0.2, 0) is 4.79 Å². The highest BCUT2D eigenvalue weighted by Gasteiger charge is 2.13. The third kappa shape index (κ3) is 3.25. The van der Waals surface area contributed by atoms with Crippen molar-refractivity contribution in [2.45, 2.75) is 18.2 Å². The number of benzene rings is 1. The Balaban J connectivity index is 2.76. The van der Waals surface area contributed by atoms with E-state index in [9.17, 15) is 14.9 Å². The van der Waals surface area contributed by atoms with E-state index >= 15 is 0 Å². The van der Waals surface area contributed by atoms with E-state index in [0.29, 0.717) is 11.3 Å². The second-order valence-electron chi connectivity index (χ2n) is 2.71. The number of hydrogen-bond acceptors (Lipinski definition) is 4. The van der Waals surface area contributed by atoms with Crippen LogP contribution in [0.25, 0.3) is 0 Å². The summed E-state index contributed by atoms with van der Waals surface area (Å²) >= 11 is 0.967. The van der Waals surface area contributed by atoms with Crippen LogP contribution < -0.4 is 4.72 Å². The fraction of sp³-hybridized carbons (Fsp3) is 0.222. The van der Waals surface area contributed by atoms with Crippen molar-refractivity contribution in [1.82, 2.24) is 4.72 Å². The van der Waals surface area contributed by atoms with Crippen LogP contribution in [0.3, 0.4) is 0 Å². The van der Waals surface area contributed by atoms with Crippen LogP contribution in [0.4, 0.5) is 5.69 Å². The second kappa shape index (κ2) is 5.35.